The SMILES string of the molecule is COc1cccc(-c2cc(C(F)(F)F)c3c(-c4ccc(Cl)cc4)nn(-c4cccc(Cl)c4)c3n2)c1. The highest BCUT2D eigenvalue weighted by atomic mass is 35.5. The van der Waals surface area contributed by atoms with Crippen molar-refractivity contribution in [2.24, 2.45) is 0 Å². The standard InChI is InChI=1S/C26H16Cl2F3N3O/c1-35-20-7-2-4-16(12-20)22-14-21(26(29,30)31)23-24(15-8-10-17(27)11-9-15)33-34(25(23)32-22)19-6-3-5-18(28)13-19/h2-14H,1H3. The molecule has 0 aliphatic heterocycles. The Labute approximate surface area is 208 Å². The zero-order valence-electron chi connectivity index (χ0n) is 18.1. The van der Waals surface area contributed by atoms with Gasteiger partial charge >= 0.3 is 6.18 Å². The fourth-order valence-corrected chi connectivity index (χ4v) is 4.18. The molecular weight excluding hydrogens is 498 g/mol. The lowest BCUT2D eigenvalue weighted by molar-refractivity contribution is -0.136. The fraction of sp³-hybridized carbons (Fsp3) is 0.0769. The van der Waals surface area contributed by atoms with Gasteiger partial charge in [-0.15, -0.1) is 0 Å². The summed E-state index contributed by atoms with van der Waals surface area (Å²) >= 11 is 12.2. The van der Waals surface area contributed by atoms with Gasteiger partial charge in [-0.1, -0.05) is 53.5 Å². The molecule has 0 saturated heterocycles. The van der Waals surface area contributed by atoms with Crippen LogP contribution < -0.4 is 4.74 Å². The number of benzene rings is 3. The quantitative estimate of drug-likeness (QED) is 0.243. The molecule has 176 valence electrons. The largest absolute Gasteiger partial charge is 0.497 e. The molecule has 3 aromatic carbocycles. The molecular formula is C26H16Cl2F3N3O. The average molecular weight is 514 g/mol. The maximum absolute atomic E-state index is 14.5. The summed E-state index contributed by atoms with van der Waals surface area (Å²) in [5, 5.41) is 5.33. The zero-order valence-corrected chi connectivity index (χ0v) is 19.7. The van der Waals surface area contributed by atoms with Gasteiger partial charge in [0.2, 0.25) is 0 Å². The molecule has 0 unspecified atom stereocenters. The van der Waals surface area contributed by atoms with Gasteiger partial charge in [0.25, 0.3) is 0 Å². The number of ether oxygens (including phenoxy) is 1. The number of methoxy groups -OCH3 is 1. The van der Waals surface area contributed by atoms with E-state index < -0.39 is 11.7 Å². The summed E-state index contributed by atoms with van der Waals surface area (Å²) in [5.74, 6) is 0.503. The molecule has 0 aliphatic carbocycles. The van der Waals surface area contributed by atoms with Crippen LogP contribution in [0.5, 0.6) is 5.75 Å². The summed E-state index contributed by atoms with van der Waals surface area (Å²) in [6.45, 7) is 0. The Balaban J connectivity index is 1.89. The van der Waals surface area contributed by atoms with E-state index in [2.05, 4.69) is 10.1 Å². The third-order valence-corrected chi connectivity index (χ3v) is 5.97. The molecule has 2 heterocycles. The molecule has 0 radical (unpaired) electrons. The van der Waals surface area contributed by atoms with E-state index >= 15 is 0 Å². The van der Waals surface area contributed by atoms with Crippen LogP contribution in [0.1, 0.15) is 5.56 Å². The summed E-state index contributed by atoms with van der Waals surface area (Å²) < 4.78 is 50.0. The van der Waals surface area contributed by atoms with Gasteiger partial charge in [-0.05, 0) is 48.5 Å². The number of aromatic nitrogens is 3. The van der Waals surface area contributed by atoms with E-state index in [1.807, 2.05) is 0 Å². The van der Waals surface area contributed by atoms with Crippen molar-refractivity contribution in [3.05, 3.63) is 94.5 Å². The summed E-state index contributed by atoms with van der Waals surface area (Å²) in [6, 6.07) is 20.9. The first-order valence-electron chi connectivity index (χ1n) is 10.4. The monoisotopic (exact) mass is 513 g/mol. The predicted molar refractivity (Wildman–Crippen MR) is 131 cm³/mol. The topological polar surface area (TPSA) is 39.9 Å². The second-order valence-electron chi connectivity index (χ2n) is 7.73. The van der Waals surface area contributed by atoms with Crippen LogP contribution in [0.25, 0.3) is 39.2 Å². The van der Waals surface area contributed by atoms with E-state index in [0.717, 1.165) is 6.07 Å². The van der Waals surface area contributed by atoms with Crippen LogP contribution in [0.3, 0.4) is 0 Å². The molecule has 0 aliphatic rings. The lowest BCUT2D eigenvalue weighted by Gasteiger charge is -2.13. The fourth-order valence-electron chi connectivity index (χ4n) is 3.87. The molecule has 5 aromatic rings. The predicted octanol–water partition coefficient (Wildman–Crippen LogP) is 8.09. The van der Waals surface area contributed by atoms with Crippen molar-refractivity contribution >= 4 is 34.2 Å². The van der Waals surface area contributed by atoms with Gasteiger partial charge < -0.3 is 4.74 Å². The van der Waals surface area contributed by atoms with Gasteiger partial charge in [0.15, 0.2) is 5.65 Å². The van der Waals surface area contributed by atoms with Gasteiger partial charge in [0, 0.05) is 21.2 Å². The number of halogens is 5. The Morgan fingerprint density at radius 2 is 1.57 bits per heavy atom. The Bertz CT molecular complexity index is 1550. The summed E-state index contributed by atoms with van der Waals surface area (Å²) in [4.78, 5) is 4.64. The molecule has 0 bridgehead atoms. The molecule has 0 N–H and O–H groups in total. The second-order valence-corrected chi connectivity index (χ2v) is 8.60. The first kappa shape index (κ1) is 23.2. The van der Waals surface area contributed by atoms with Crippen molar-refractivity contribution in [2.45, 2.75) is 6.18 Å². The molecule has 0 fully saturated rings. The van der Waals surface area contributed by atoms with Crippen LogP contribution in [0, 0.1) is 0 Å². The van der Waals surface area contributed by atoms with Crippen LogP contribution in [0.4, 0.5) is 13.2 Å². The van der Waals surface area contributed by atoms with Gasteiger partial charge in [-0.2, -0.15) is 18.3 Å². The van der Waals surface area contributed by atoms with Crippen molar-refractivity contribution in [3.8, 4) is 34.0 Å². The van der Waals surface area contributed by atoms with Crippen LogP contribution in [0.2, 0.25) is 10.0 Å². The second kappa shape index (κ2) is 8.91. The average Bonchev–Trinajstić information content (AvgIpc) is 3.23. The van der Waals surface area contributed by atoms with E-state index in [9.17, 15) is 13.2 Å². The summed E-state index contributed by atoms with van der Waals surface area (Å²) in [5.41, 5.74) is 0.892. The lowest BCUT2D eigenvalue weighted by atomic mass is 10.0. The molecule has 35 heavy (non-hydrogen) atoms. The first-order chi connectivity index (χ1) is 16.7. The molecule has 4 nitrogen and oxygen atoms in total. The third-order valence-electron chi connectivity index (χ3n) is 5.48. The minimum absolute atomic E-state index is 0.0462. The number of pyridine rings is 1. The Hall–Kier alpha value is -3.55. The Morgan fingerprint density at radius 3 is 2.26 bits per heavy atom. The van der Waals surface area contributed by atoms with Crippen molar-refractivity contribution in [1.82, 2.24) is 14.8 Å². The van der Waals surface area contributed by atoms with Crippen molar-refractivity contribution in [3.63, 3.8) is 0 Å². The normalized spacial score (nSPS) is 11.7. The number of rotatable bonds is 4. The number of fused-ring (bicyclic) bond motifs is 1. The molecule has 0 saturated carbocycles. The number of alkyl halides is 3. The van der Waals surface area contributed by atoms with Crippen LogP contribution in [-0.2, 0) is 6.18 Å². The molecule has 0 amide bonds. The highest BCUT2D eigenvalue weighted by molar-refractivity contribution is 6.31. The highest BCUT2D eigenvalue weighted by Gasteiger charge is 2.36. The molecule has 0 spiro atoms. The minimum Gasteiger partial charge on any atom is -0.497 e. The van der Waals surface area contributed by atoms with Gasteiger partial charge in [-0.25, -0.2) is 9.67 Å². The molecule has 5 rings (SSSR count). The van der Waals surface area contributed by atoms with Crippen molar-refractivity contribution in [2.75, 3.05) is 7.11 Å². The Kier molecular flexibility index (Phi) is 5.91. The zero-order chi connectivity index (χ0) is 24.7. The van der Waals surface area contributed by atoms with Crippen LogP contribution in [-0.4, -0.2) is 21.9 Å². The molecule has 2 aromatic heterocycles. The first-order valence-corrected chi connectivity index (χ1v) is 11.2. The number of hydrogen-bond acceptors (Lipinski definition) is 3. The molecule has 0 atom stereocenters. The van der Waals surface area contributed by atoms with Crippen molar-refractivity contribution in [1.29, 1.82) is 0 Å². The number of nitrogens with zero attached hydrogens (tertiary/aromatic N) is 3. The van der Waals surface area contributed by atoms with E-state index in [0.29, 0.717) is 32.6 Å². The highest BCUT2D eigenvalue weighted by Crippen LogP contribution is 2.42. The van der Waals surface area contributed by atoms with E-state index in [-0.39, 0.29) is 22.4 Å². The van der Waals surface area contributed by atoms with E-state index in [4.69, 9.17) is 27.9 Å². The van der Waals surface area contributed by atoms with E-state index in [1.54, 1.807) is 72.8 Å². The van der Waals surface area contributed by atoms with Crippen LogP contribution in [0.15, 0.2) is 78.9 Å². The maximum Gasteiger partial charge on any atom is 0.417 e. The van der Waals surface area contributed by atoms with E-state index in [1.165, 1.54) is 11.8 Å². The molecule has 9 heteroatoms. The minimum atomic E-state index is -4.67. The maximum atomic E-state index is 14.5. The lowest BCUT2D eigenvalue weighted by Crippen LogP contribution is -2.08. The van der Waals surface area contributed by atoms with Gasteiger partial charge in [0.05, 0.1) is 29.4 Å². The van der Waals surface area contributed by atoms with Gasteiger partial charge in [0.1, 0.15) is 11.4 Å². The third kappa shape index (κ3) is 4.45. The smallest absolute Gasteiger partial charge is 0.417 e. The van der Waals surface area contributed by atoms with Crippen molar-refractivity contribution < 1.29 is 17.9 Å². The summed E-state index contributed by atoms with van der Waals surface area (Å²) in [6.07, 6.45) is -4.67. The summed E-state index contributed by atoms with van der Waals surface area (Å²) in [7, 11) is 1.49. The Morgan fingerprint density at radius 1 is 0.829 bits per heavy atom. The van der Waals surface area contributed by atoms with Crippen LogP contribution >= 0.6 is 23.2 Å². The number of hydrogen-bond donors (Lipinski definition) is 0. The van der Waals surface area contributed by atoms with Gasteiger partial charge in [-0.3, -0.25) is 0 Å².